The van der Waals surface area contributed by atoms with Gasteiger partial charge in [0, 0.05) is 13.2 Å². The minimum atomic E-state index is -0.441. The van der Waals surface area contributed by atoms with Gasteiger partial charge < -0.3 is 15.2 Å². The first-order valence-electron chi connectivity index (χ1n) is 7.83. The molecule has 18 heavy (non-hydrogen) atoms. The molecule has 106 valence electrons. The monoisotopic (exact) mass is 255 g/mol. The number of hydrogen-bond acceptors (Lipinski definition) is 3. The van der Waals surface area contributed by atoms with E-state index in [0.29, 0.717) is 6.10 Å². The van der Waals surface area contributed by atoms with Crippen LogP contribution >= 0.6 is 0 Å². The zero-order chi connectivity index (χ0) is 12.7. The zero-order valence-electron chi connectivity index (χ0n) is 11.6. The average molecular weight is 255 g/mol. The van der Waals surface area contributed by atoms with Crippen LogP contribution < -0.4 is 5.32 Å². The summed E-state index contributed by atoms with van der Waals surface area (Å²) in [6, 6.07) is 0. The molecular formula is C15H29NO2. The van der Waals surface area contributed by atoms with E-state index >= 15 is 0 Å². The molecule has 1 aliphatic heterocycles. The molecular weight excluding hydrogens is 226 g/mol. The molecule has 3 heteroatoms. The molecule has 0 bridgehead atoms. The molecule has 2 N–H and O–H groups in total. The van der Waals surface area contributed by atoms with E-state index in [0.717, 1.165) is 39.0 Å². The highest BCUT2D eigenvalue weighted by Gasteiger charge is 2.27. The first-order valence-corrected chi connectivity index (χ1v) is 7.83. The minimum Gasteiger partial charge on any atom is -0.389 e. The molecule has 0 aromatic heterocycles. The Bertz CT molecular complexity index is 219. The van der Waals surface area contributed by atoms with Crippen molar-refractivity contribution in [1.82, 2.24) is 5.32 Å². The van der Waals surface area contributed by atoms with Crippen molar-refractivity contribution in [2.45, 2.75) is 75.9 Å². The lowest BCUT2D eigenvalue weighted by Gasteiger charge is -2.28. The highest BCUT2D eigenvalue weighted by molar-refractivity contribution is 4.83. The number of aliphatic hydroxyl groups is 1. The highest BCUT2D eigenvalue weighted by Crippen LogP contribution is 2.26. The lowest BCUT2D eigenvalue weighted by atomic mass is 9.94. The van der Waals surface area contributed by atoms with Gasteiger partial charge in [-0.05, 0) is 45.1 Å². The van der Waals surface area contributed by atoms with Gasteiger partial charge in [0.15, 0.2) is 0 Å². The van der Waals surface area contributed by atoms with Gasteiger partial charge in [-0.1, -0.05) is 25.7 Å². The molecule has 0 amide bonds. The second-order valence-electron chi connectivity index (χ2n) is 6.09. The fourth-order valence-corrected chi connectivity index (χ4v) is 3.18. The van der Waals surface area contributed by atoms with E-state index in [2.05, 4.69) is 5.32 Å². The third-order valence-corrected chi connectivity index (χ3v) is 4.41. The Hall–Kier alpha value is -0.120. The van der Waals surface area contributed by atoms with Crippen molar-refractivity contribution in [1.29, 1.82) is 0 Å². The molecule has 1 aliphatic carbocycles. The number of rotatable bonds is 5. The largest absolute Gasteiger partial charge is 0.389 e. The summed E-state index contributed by atoms with van der Waals surface area (Å²) >= 11 is 0. The molecule has 2 rings (SSSR count). The second kappa shape index (κ2) is 7.46. The smallest absolute Gasteiger partial charge is 0.0771 e. The molecule has 3 nitrogen and oxygen atoms in total. The molecule has 0 radical (unpaired) electrons. The van der Waals surface area contributed by atoms with Crippen LogP contribution in [-0.4, -0.2) is 36.5 Å². The van der Waals surface area contributed by atoms with Gasteiger partial charge in [-0.25, -0.2) is 0 Å². The molecule has 1 unspecified atom stereocenters. The Kier molecular flexibility index (Phi) is 5.93. The van der Waals surface area contributed by atoms with E-state index < -0.39 is 5.60 Å². The van der Waals surface area contributed by atoms with Crippen LogP contribution in [-0.2, 0) is 4.74 Å². The van der Waals surface area contributed by atoms with Crippen LogP contribution in [0.3, 0.4) is 0 Å². The van der Waals surface area contributed by atoms with E-state index in [1.54, 1.807) is 0 Å². The van der Waals surface area contributed by atoms with E-state index in [9.17, 15) is 5.11 Å². The normalized spacial score (nSPS) is 28.8. The van der Waals surface area contributed by atoms with Gasteiger partial charge in [-0.3, -0.25) is 0 Å². The van der Waals surface area contributed by atoms with Gasteiger partial charge in [-0.15, -0.1) is 0 Å². The third-order valence-electron chi connectivity index (χ3n) is 4.41. The molecule has 0 aromatic carbocycles. The van der Waals surface area contributed by atoms with Gasteiger partial charge in [0.1, 0.15) is 0 Å². The molecule has 1 saturated heterocycles. The van der Waals surface area contributed by atoms with E-state index in [1.807, 2.05) is 0 Å². The SMILES string of the molecule is OC1(CNCCC2CCCCO2)CCCCCC1. The predicted octanol–water partition coefficient (Wildman–Crippen LogP) is 2.62. The number of hydrogen-bond donors (Lipinski definition) is 2. The third kappa shape index (κ3) is 4.87. The summed E-state index contributed by atoms with van der Waals surface area (Å²) < 4.78 is 5.71. The Morgan fingerprint density at radius 1 is 1.06 bits per heavy atom. The van der Waals surface area contributed by atoms with Gasteiger partial charge in [0.25, 0.3) is 0 Å². The highest BCUT2D eigenvalue weighted by atomic mass is 16.5. The summed E-state index contributed by atoms with van der Waals surface area (Å²) in [5.41, 5.74) is -0.441. The summed E-state index contributed by atoms with van der Waals surface area (Å²) in [6.07, 6.45) is 12.2. The summed E-state index contributed by atoms with van der Waals surface area (Å²) in [7, 11) is 0. The summed E-state index contributed by atoms with van der Waals surface area (Å²) in [4.78, 5) is 0. The van der Waals surface area contributed by atoms with Crippen molar-refractivity contribution < 1.29 is 9.84 Å². The van der Waals surface area contributed by atoms with Crippen LogP contribution in [0.15, 0.2) is 0 Å². The average Bonchev–Trinajstić information content (AvgIpc) is 2.61. The van der Waals surface area contributed by atoms with Crippen LogP contribution in [0.2, 0.25) is 0 Å². The van der Waals surface area contributed by atoms with Crippen LogP contribution in [0.25, 0.3) is 0 Å². The maximum atomic E-state index is 10.5. The Morgan fingerprint density at radius 3 is 2.50 bits per heavy atom. The van der Waals surface area contributed by atoms with E-state index in [1.165, 1.54) is 44.9 Å². The molecule has 2 fully saturated rings. The van der Waals surface area contributed by atoms with Crippen molar-refractivity contribution in [3.05, 3.63) is 0 Å². The summed E-state index contributed by atoms with van der Waals surface area (Å²) in [5.74, 6) is 0. The van der Waals surface area contributed by atoms with Gasteiger partial charge in [-0.2, -0.15) is 0 Å². The first kappa shape index (κ1) is 14.3. The second-order valence-corrected chi connectivity index (χ2v) is 6.09. The molecule has 1 atom stereocenters. The summed E-state index contributed by atoms with van der Waals surface area (Å²) in [6.45, 7) is 2.68. The van der Waals surface area contributed by atoms with E-state index in [-0.39, 0.29) is 0 Å². The van der Waals surface area contributed by atoms with Crippen molar-refractivity contribution in [2.75, 3.05) is 19.7 Å². The van der Waals surface area contributed by atoms with Crippen molar-refractivity contribution in [3.8, 4) is 0 Å². The minimum absolute atomic E-state index is 0.441. The predicted molar refractivity (Wildman–Crippen MR) is 73.7 cm³/mol. The Labute approximate surface area is 111 Å². The fourth-order valence-electron chi connectivity index (χ4n) is 3.18. The van der Waals surface area contributed by atoms with Gasteiger partial charge >= 0.3 is 0 Å². The van der Waals surface area contributed by atoms with Crippen LogP contribution in [0.1, 0.15) is 64.2 Å². The van der Waals surface area contributed by atoms with Crippen LogP contribution in [0.4, 0.5) is 0 Å². The first-order chi connectivity index (χ1) is 8.79. The molecule has 2 aliphatic rings. The quantitative estimate of drug-likeness (QED) is 0.586. The van der Waals surface area contributed by atoms with E-state index in [4.69, 9.17) is 4.74 Å². The fraction of sp³-hybridized carbons (Fsp3) is 1.00. The van der Waals surface area contributed by atoms with Crippen molar-refractivity contribution in [3.63, 3.8) is 0 Å². The zero-order valence-corrected chi connectivity index (χ0v) is 11.6. The van der Waals surface area contributed by atoms with Crippen molar-refractivity contribution >= 4 is 0 Å². The Balaban J connectivity index is 1.58. The lowest BCUT2D eigenvalue weighted by molar-refractivity contribution is 0.00602. The van der Waals surface area contributed by atoms with Crippen LogP contribution in [0, 0.1) is 0 Å². The van der Waals surface area contributed by atoms with Gasteiger partial charge in [0.05, 0.1) is 11.7 Å². The molecule has 1 saturated carbocycles. The maximum Gasteiger partial charge on any atom is 0.0771 e. The molecule has 0 spiro atoms. The summed E-state index contributed by atoms with van der Waals surface area (Å²) in [5, 5.41) is 13.9. The van der Waals surface area contributed by atoms with Crippen LogP contribution in [0.5, 0.6) is 0 Å². The van der Waals surface area contributed by atoms with Gasteiger partial charge in [0.2, 0.25) is 0 Å². The molecule has 0 aromatic rings. The topological polar surface area (TPSA) is 41.5 Å². The Morgan fingerprint density at radius 2 is 1.83 bits per heavy atom. The number of nitrogens with one attached hydrogen (secondary N) is 1. The van der Waals surface area contributed by atoms with Crippen molar-refractivity contribution in [2.24, 2.45) is 0 Å². The number of ether oxygens (including phenoxy) is 1. The lowest BCUT2D eigenvalue weighted by Crippen LogP contribution is -2.41. The standard InChI is InChI=1S/C15H29NO2/c17-15(9-4-1-2-5-10-15)13-16-11-8-14-7-3-6-12-18-14/h14,16-17H,1-13H2. The molecule has 1 heterocycles. The maximum absolute atomic E-state index is 10.5.